The molecule has 0 fully saturated rings. The SMILES string of the molecule is CC1(C)c2ccccc2-c2c1c1cc(-c3ccc4ccc5cccc6ccc3c4c56)ccc1n2-c1cccc2ccccc12. The molecule has 0 amide bonds. The zero-order chi connectivity index (χ0) is 29.2. The maximum atomic E-state index is 2.54. The van der Waals surface area contributed by atoms with E-state index in [4.69, 9.17) is 0 Å². The lowest BCUT2D eigenvalue weighted by Gasteiger charge is -2.21. The zero-order valence-corrected chi connectivity index (χ0v) is 24.7. The normalized spacial score (nSPS) is 13.9. The van der Waals surface area contributed by atoms with Gasteiger partial charge in [0, 0.05) is 21.8 Å². The molecule has 0 saturated heterocycles. The fourth-order valence-electron chi connectivity index (χ4n) is 8.36. The van der Waals surface area contributed by atoms with Crippen molar-refractivity contribution in [1.29, 1.82) is 0 Å². The molecule has 8 aromatic carbocycles. The van der Waals surface area contributed by atoms with Crippen LogP contribution in [0.25, 0.3) is 82.1 Å². The molecule has 1 heterocycles. The van der Waals surface area contributed by atoms with Gasteiger partial charge >= 0.3 is 0 Å². The highest BCUT2D eigenvalue weighted by Gasteiger charge is 2.40. The van der Waals surface area contributed by atoms with Crippen LogP contribution in [0.4, 0.5) is 0 Å². The molecule has 44 heavy (non-hydrogen) atoms. The van der Waals surface area contributed by atoms with Crippen LogP contribution in [0.2, 0.25) is 0 Å². The average Bonchev–Trinajstić information content (AvgIpc) is 3.53. The number of benzene rings is 8. The summed E-state index contributed by atoms with van der Waals surface area (Å²) in [6.45, 7) is 4.79. The summed E-state index contributed by atoms with van der Waals surface area (Å²) in [7, 11) is 0. The lowest BCUT2D eigenvalue weighted by Crippen LogP contribution is -2.14. The van der Waals surface area contributed by atoms with Gasteiger partial charge in [-0.15, -0.1) is 0 Å². The molecule has 0 atom stereocenters. The van der Waals surface area contributed by atoms with Crippen molar-refractivity contribution in [3.8, 4) is 28.1 Å². The molecule has 1 heteroatoms. The molecule has 9 aromatic rings. The van der Waals surface area contributed by atoms with Crippen LogP contribution in [0.1, 0.15) is 25.0 Å². The van der Waals surface area contributed by atoms with Gasteiger partial charge in [0.05, 0.1) is 16.9 Å². The highest BCUT2D eigenvalue weighted by molar-refractivity contribution is 6.25. The first kappa shape index (κ1) is 24.1. The highest BCUT2D eigenvalue weighted by atomic mass is 15.0. The van der Waals surface area contributed by atoms with E-state index in [0.717, 1.165) is 0 Å². The van der Waals surface area contributed by atoms with E-state index < -0.39 is 0 Å². The van der Waals surface area contributed by atoms with Crippen molar-refractivity contribution >= 4 is 54.0 Å². The monoisotopic (exact) mass is 559 g/mol. The van der Waals surface area contributed by atoms with E-state index in [1.165, 1.54) is 93.2 Å². The molecule has 0 spiro atoms. The minimum atomic E-state index is -0.124. The molecule has 0 bridgehead atoms. The fraction of sp³-hybridized carbons (Fsp3) is 0.0698. The van der Waals surface area contributed by atoms with Gasteiger partial charge in [-0.2, -0.15) is 0 Å². The van der Waals surface area contributed by atoms with Gasteiger partial charge in [-0.3, -0.25) is 0 Å². The van der Waals surface area contributed by atoms with Crippen LogP contribution >= 0.6 is 0 Å². The van der Waals surface area contributed by atoms with Crippen molar-refractivity contribution < 1.29 is 0 Å². The summed E-state index contributed by atoms with van der Waals surface area (Å²) >= 11 is 0. The molecule has 1 aromatic heterocycles. The van der Waals surface area contributed by atoms with Gasteiger partial charge in [0.1, 0.15) is 0 Å². The molecule has 0 aliphatic heterocycles. The van der Waals surface area contributed by atoms with Crippen molar-refractivity contribution in [1.82, 2.24) is 4.57 Å². The molecule has 1 aliphatic rings. The maximum absolute atomic E-state index is 2.54. The Hall–Kier alpha value is -5.40. The third-order valence-electron chi connectivity index (χ3n) is 10.3. The Morgan fingerprint density at radius 1 is 0.477 bits per heavy atom. The first-order chi connectivity index (χ1) is 21.6. The summed E-state index contributed by atoms with van der Waals surface area (Å²) in [5.41, 5.74) is 10.4. The number of nitrogens with zero attached hydrogens (tertiary/aromatic N) is 1. The molecule has 206 valence electrons. The molecule has 0 saturated carbocycles. The molecule has 10 rings (SSSR count). The highest BCUT2D eigenvalue weighted by Crippen LogP contribution is 2.54. The third-order valence-corrected chi connectivity index (χ3v) is 10.3. The standard InChI is InChI=1S/C43H29N/c1-43(2)36-15-6-5-14-34(36)42-41(43)35-25-30(21-24-38(35)44(42)37-16-8-10-26-9-3-4-13-32(26)37)31-22-19-29-18-17-27-11-7-12-28-20-23-33(31)40(29)39(27)28/h3-25H,1-2H3. The summed E-state index contributed by atoms with van der Waals surface area (Å²) in [4.78, 5) is 0. The summed E-state index contributed by atoms with van der Waals surface area (Å²) in [6, 6.07) is 52.0. The number of rotatable bonds is 2. The largest absolute Gasteiger partial charge is 0.308 e. The summed E-state index contributed by atoms with van der Waals surface area (Å²) in [5.74, 6) is 0. The van der Waals surface area contributed by atoms with Crippen LogP contribution in [0.15, 0.2) is 140 Å². The number of hydrogen-bond acceptors (Lipinski definition) is 0. The van der Waals surface area contributed by atoms with E-state index in [9.17, 15) is 0 Å². The maximum Gasteiger partial charge on any atom is 0.0585 e. The fourth-order valence-corrected chi connectivity index (χ4v) is 8.36. The quantitative estimate of drug-likeness (QED) is 0.186. The smallest absolute Gasteiger partial charge is 0.0585 e. The molecule has 0 unspecified atom stereocenters. The predicted molar refractivity (Wildman–Crippen MR) is 187 cm³/mol. The van der Waals surface area contributed by atoms with Gasteiger partial charge < -0.3 is 4.57 Å². The Morgan fingerprint density at radius 2 is 1.16 bits per heavy atom. The first-order valence-corrected chi connectivity index (χ1v) is 15.5. The van der Waals surface area contributed by atoms with Crippen LogP contribution in [0, 0.1) is 0 Å². The Morgan fingerprint density at radius 3 is 2.05 bits per heavy atom. The molecule has 0 N–H and O–H groups in total. The van der Waals surface area contributed by atoms with E-state index in [0.29, 0.717) is 0 Å². The second-order valence-electron chi connectivity index (χ2n) is 12.9. The molecule has 0 radical (unpaired) electrons. The van der Waals surface area contributed by atoms with Crippen LogP contribution in [-0.2, 0) is 5.41 Å². The second-order valence-corrected chi connectivity index (χ2v) is 12.9. The Labute approximate surface area is 255 Å². The van der Waals surface area contributed by atoms with E-state index >= 15 is 0 Å². The molecular weight excluding hydrogens is 530 g/mol. The van der Waals surface area contributed by atoms with E-state index in [1.54, 1.807) is 0 Å². The summed E-state index contributed by atoms with van der Waals surface area (Å²) < 4.78 is 2.54. The van der Waals surface area contributed by atoms with Crippen molar-refractivity contribution in [2.24, 2.45) is 0 Å². The van der Waals surface area contributed by atoms with Crippen molar-refractivity contribution in [3.05, 3.63) is 151 Å². The van der Waals surface area contributed by atoms with Crippen LogP contribution < -0.4 is 0 Å². The van der Waals surface area contributed by atoms with Gasteiger partial charge in [0.15, 0.2) is 0 Å². The Balaban J connectivity index is 1.32. The van der Waals surface area contributed by atoms with Crippen molar-refractivity contribution in [2.75, 3.05) is 0 Å². The van der Waals surface area contributed by atoms with Crippen molar-refractivity contribution in [3.63, 3.8) is 0 Å². The van der Waals surface area contributed by atoms with Gasteiger partial charge in [0.2, 0.25) is 0 Å². The first-order valence-electron chi connectivity index (χ1n) is 15.5. The molecular formula is C43H29N. The van der Waals surface area contributed by atoms with Crippen molar-refractivity contribution in [2.45, 2.75) is 19.3 Å². The van der Waals surface area contributed by atoms with Gasteiger partial charge in [-0.05, 0) is 78.2 Å². The van der Waals surface area contributed by atoms with E-state index in [-0.39, 0.29) is 5.41 Å². The third kappa shape index (κ3) is 2.99. The number of hydrogen-bond donors (Lipinski definition) is 0. The number of fused-ring (bicyclic) bond motifs is 6. The van der Waals surface area contributed by atoms with Crippen LogP contribution in [0.5, 0.6) is 0 Å². The number of aromatic nitrogens is 1. The van der Waals surface area contributed by atoms with E-state index in [2.05, 4.69) is 158 Å². The molecule has 1 nitrogen and oxygen atoms in total. The lowest BCUT2D eigenvalue weighted by atomic mass is 9.81. The predicted octanol–water partition coefficient (Wildman–Crippen LogP) is 11.7. The zero-order valence-electron chi connectivity index (χ0n) is 24.7. The minimum Gasteiger partial charge on any atom is -0.308 e. The Kier molecular flexibility index (Phi) is 4.58. The lowest BCUT2D eigenvalue weighted by molar-refractivity contribution is 0.666. The van der Waals surface area contributed by atoms with Crippen LogP contribution in [0.3, 0.4) is 0 Å². The average molecular weight is 560 g/mol. The summed E-state index contributed by atoms with van der Waals surface area (Å²) in [6.07, 6.45) is 0. The minimum absolute atomic E-state index is 0.124. The van der Waals surface area contributed by atoms with Crippen LogP contribution in [-0.4, -0.2) is 4.57 Å². The Bertz CT molecular complexity index is 2610. The topological polar surface area (TPSA) is 4.93 Å². The summed E-state index contributed by atoms with van der Waals surface area (Å²) in [5, 5.41) is 11.8. The van der Waals surface area contributed by atoms with Gasteiger partial charge in [-0.25, -0.2) is 0 Å². The second kappa shape index (κ2) is 8.36. The van der Waals surface area contributed by atoms with Gasteiger partial charge in [0.25, 0.3) is 0 Å². The molecule has 1 aliphatic carbocycles. The van der Waals surface area contributed by atoms with Gasteiger partial charge in [-0.1, -0.05) is 135 Å². The van der Waals surface area contributed by atoms with E-state index in [1.807, 2.05) is 0 Å².